The molecule has 2 saturated heterocycles. The Morgan fingerprint density at radius 1 is 0.950 bits per heavy atom. The van der Waals surface area contributed by atoms with Crippen LogP contribution in [0.3, 0.4) is 0 Å². The van der Waals surface area contributed by atoms with Crippen LogP contribution in [0.5, 0.6) is 0 Å². The van der Waals surface area contributed by atoms with E-state index < -0.39 is 0 Å². The van der Waals surface area contributed by atoms with Crippen LogP contribution in [0.1, 0.15) is 17.7 Å². The molecule has 2 N–H and O–H groups in total. The van der Waals surface area contributed by atoms with Gasteiger partial charge in [-0.25, -0.2) is 4.98 Å². The number of thiazole rings is 1. The van der Waals surface area contributed by atoms with Gasteiger partial charge < -0.3 is 10.6 Å². The maximum absolute atomic E-state index is 5.68. The molecule has 0 radical (unpaired) electrons. The van der Waals surface area contributed by atoms with Gasteiger partial charge in [0.05, 0.1) is 0 Å². The van der Waals surface area contributed by atoms with Crippen molar-refractivity contribution in [1.82, 2.24) is 19.7 Å². The van der Waals surface area contributed by atoms with Crippen LogP contribution in [-0.4, -0.2) is 72.0 Å². The van der Waals surface area contributed by atoms with E-state index in [1.807, 2.05) is 6.20 Å². The average Bonchev–Trinajstić information content (AvgIpc) is 3.10. The molecule has 0 amide bonds. The van der Waals surface area contributed by atoms with Crippen LogP contribution in [0.15, 0.2) is 6.20 Å². The van der Waals surface area contributed by atoms with E-state index in [4.69, 9.17) is 5.73 Å². The number of nitrogen functional groups attached to an aromatic ring is 1. The maximum Gasteiger partial charge on any atom is 0.180 e. The third-order valence-corrected chi connectivity index (χ3v) is 5.16. The Morgan fingerprint density at radius 3 is 2.15 bits per heavy atom. The average molecular weight is 295 g/mol. The number of aromatic nitrogens is 1. The van der Waals surface area contributed by atoms with E-state index in [-0.39, 0.29) is 0 Å². The van der Waals surface area contributed by atoms with Gasteiger partial charge in [-0.3, -0.25) is 9.80 Å². The van der Waals surface area contributed by atoms with Gasteiger partial charge in [0.15, 0.2) is 5.13 Å². The molecule has 2 fully saturated rings. The zero-order valence-electron chi connectivity index (χ0n) is 12.1. The monoisotopic (exact) mass is 295 g/mol. The topological polar surface area (TPSA) is 48.6 Å². The molecule has 20 heavy (non-hydrogen) atoms. The van der Waals surface area contributed by atoms with Gasteiger partial charge in [-0.15, -0.1) is 11.3 Å². The number of likely N-dealkylation sites (tertiary alicyclic amines) is 1. The summed E-state index contributed by atoms with van der Waals surface area (Å²) in [5, 5.41) is 0.684. The molecule has 0 saturated carbocycles. The normalized spacial score (nSPS) is 22.6. The molecule has 6 heteroatoms. The molecule has 0 spiro atoms. The molecular formula is C14H25N5S. The number of hydrogen-bond acceptors (Lipinski definition) is 6. The summed E-state index contributed by atoms with van der Waals surface area (Å²) < 4.78 is 0. The first kappa shape index (κ1) is 14.3. The van der Waals surface area contributed by atoms with Gasteiger partial charge in [0, 0.05) is 56.9 Å². The predicted octanol–water partition coefficient (Wildman–Crippen LogP) is 0.939. The largest absolute Gasteiger partial charge is 0.375 e. The van der Waals surface area contributed by atoms with Crippen molar-refractivity contribution in [3.8, 4) is 0 Å². The first-order chi connectivity index (χ1) is 9.79. The van der Waals surface area contributed by atoms with Crippen molar-refractivity contribution in [2.24, 2.45) is 0 Å². The third kappa shape index (κ3) is 3.91. The second-order valence-electron chi connectivity index (χ2n) is 5.83. The van der Waals surface area contributed by atoms with Crippen LogP contribution in [0.4, 0.5) is 5.13 Å². The van der Waals surface area contributed by atoms with Crippen LogP contribution < -0.4 is 5.73 Å². The lowest BCUT2D eigenvalue weighted by Gasteiger charge is -2.35. The second-order valence-corrected chi connectivity index (χ2v) is 6.98. The predicted molar refractivity (Wildman–Crippen MR) is 83.9 cm³/mol. The number of hydrogen-bond donors (Lipinski definition) is 1. The third-order valence-electron chi connectivity index (χ3n) is 4.35. The zero-order chi connectivity index (χ0) is 13.8. The Kier molecular flexibility index (Phi) is 4.88. The lowest BCUT2D eigenvalue weighted by molar-refractivity contribution is 0.118. The second kappa shape index (κ2) is 6.85. The van der Waals surface area contributed by atoms with Crippen LogP contribution in [0.25, 0.3) is 0 Å². The molecule has 0 atom stereocenters. The number of nitrogens with two attached hydrogens (primary N) is 1. The fraction of sp³-hybridized carbons (Fsp3) is 0.786. The highest BCUT2D eigenvalue weighted by atomic mass is 32.1. The van der Waals surface area contributed by atoms with Crippen LogP contribution in [0, 0.1) is 0 Å². The van der Waals surface area contributed by atoms with E-state index in [0.717, 1.165) is 19.6 Å². The smallest absolute Gasteiger partial charge is 0.180 e. The summed E-state index contributed by atoms with van der Waals surface area (Å²) in [6, 6.07) is 0. The molecule has 2 aliphatic rings. The van der Waals surface area contributed by atoms with Crippen molar-refractivity contribution in [1.29, 1.82) is 0 Å². The summed E-state index contributed by atoms with van der Waals surface area (Å²) in [4.78, 5) is 13.1. The van der Waals surface area contributed by atoms with Gasteiger partial charge in [-0.1, -0.05) is 0 Å². The molecule has 0 aromatic carbocycles. The zero-order valence-corrected chi connectivity index (χ0v) is 12.9. The van der Waals surface area contributed by atoms with Crippen LogP contribution in [0.2, 0.25) is 0 Å². The molecule has 1 aromatic rings. The molecule has 112 valence electrons. The fourth-order valence-corrected chi connectivity index (χ4v) is 3.80. The SMILES string of the molecule is Nc1ncc(CN2CCN(CCN3CCCC3)CC2)s1. The Balaban J connectivity index is 1.36. The van der Waals surface area contributed by atoms with Crippen LogP contribution >= 0.6 is 11.3 Å². The van der Waals surface area contributed by atoms with Gasteiger partial charge in [-0.05, 0) is 25.9 Å². The Morgan fingerprint density at radius 2 is 1.55 bits per heavy atom. The van der Waals surface area contributed by atoms with Crippen molar-refractivity contribution in [2.45, 2.75) is 19.4 Å². The highest BCUT2D eigenvalue weighted by molar-refractivity contribution is 7.15. The summed E-state index contributed by atoms with van der Waals surface area (Å²) in [5.41, 5.74) is 5.68. The van der Waals surface area contributed by atoms with Gasteiger partial charge >= 0.3 is 0 Å². The first-order valence-electron chi connectivity index (χ1n) is 7.67. The fourth-order valence-electron chi connectivity index (χ4n) is 3.08. The number of anilines is 1. The van der Waals surface area contributed by atoms with Crippen molar-refractivity contribution < 1.29 is 0 Å². The Labute approximate surface area is 125 Å². The summed E-state index contributed by atoms with van der Waals surface area (Å²) in [7, 11) is 0. The summed E-state index contributed by atoms with van der Waals surface area (Å²) >= 11 is 1.61. The lowest BCUT2D eigenvalue weighted by Crippen LogP contribution is -2.47. The van der Waals surface area contributed by atoms with Crippen molar-refractivity contribution in [3.63, 3.8) is 0 Å². The molecule has 3 rings (SSSR count). The minimum Gasteiger partial charge on any atom is -0.375 e. The highest BCUT2D eigenvalue weighted by Crippen LogP contribution is 2.17. The molecule has 2 aliphatic heterocycles. The molecule has 3 heterocycles. The highest BCUT2D eigenvalue weighted by Gasteiger charge is 2.19. The van der Waals surface area contributed by atoms with E-state index in [9.17, 15) is 0 Å². The summed E-state index contributed by atoms with van der Waals surface area (Å²) in [6.07, 6.45) is 4.71. The molecule has 1 aromatic heterocycles. The van der Waals surface area contributed by atoms with Gasteiger partial charge in [0.2, 0.25) is 0 Å². The summed E-state index contributed by atoms with van der Waals surface area (Å²) in [5.74, 6) is 0. The number of rotatable bonds is 5. The van der Waals surface area contributed by atoms with E-state index in [1.165, 1.54) is 57.0 Å². The Hall–Kier alpha value is -0.690. The van der Waals surface area contributed by atoms with Crippen molar-refractivity contribution >= 4 is 16.5 Å². The molecular weight excluding hydrogens is 270 g/mol. The Bertz CT molecular complexity index is 407. The standard InChI is InChI=1S/C14H25N5S/c15-14-16-11-13(20-14)12-19-9-7-18(8-10-19)6-5-17-3-1-2-4-17/h11H,1-10,12H2,(H2,15,16). The molecule has 0 aliphatic carbocycles. The van der Waals surface area contributed by atoms with Gasteiger partial charge in [-0.2, -0.15) is 0 Å². The molecule has 0 bridgehead atoms. The van der Waals surface area contributed by atoms with Crippen molar-refractivity contribution in [3.05, 3.63) is 11.1 Å². The summed E-state index contributed by atoms with van der Waals surface area (Å²) in [6.45, 7) is 10.8. The first-order valence-corrected chi connectivity index (χ1v) is 8.48. The van der Waals surface area contributed by atoms with Gasteiger partial charge in [0.1, 0.15) is 0 Å². The van der Waals surface area contributed by atoms with Crippen molar-refractivity contribution in [2.75, 3.05) is 58.1 Å². The number of nitrogens with zero attached hydrogens (tertiary/aromatic N) is 4. The number of piperazine rings is 1. The minimum atomic E-state index is 0.684. The lowest BCUT2D eigenvalue weighted by atomic mass is 10.3. The van der Waals surface area contributed by atoms with E-state index in [1.54, 1.807) is 11.3 Å². The minimum absolute atomic E-state index is 0.684. The van der Waals surface area contributed by atoms with Crippen LogP contribution in [-0.2, 0) is 6.54 Å². The quantitative estimate of drug-likeness (QED) is 0.876. The van der Waals surface area contributed by atoms with E-state index in [0.29, 0.717) is 5.13 Å². The molecule has 0 unspecified atom stereocenters. The maximum atomic E-state index is 5.68. The van der Waals surface area contributed by atoms with E-state index >= 15 is 0 Å². The molecule has 5 nitrogen and oxygen atoms in total. The van der Waals surface area contributed by atoms with E-state index in [2.05, 4.69) is 19.7 Å². The van der Waals surface area contributed by atoms with Gasteiger partial charge in [0.25, 0.3) is 0 Å².